The normalized spacial score (nSPS) is 21.1. The molecule has 3 amide bonds. The van der Waals surface area contributed by atoms with Gasteiger partial charge in [0.1, 0.15) is 12.1 Å². The van der Waals surface area contributed by atoms with Gasteiger partial charge < -0.3 is 10.2 Å². The van der Waals surface area contributed by atoms with Gasteiger partial charge in [0, 0.05) is 45.9 Å². The molecule has 0 saturated carbocycles. The Bertz CT molecular complexity index is 688. The van der Waals surface area contributed by atoms with E-state index in [0.717, 1.165) is 0 Å². The van der Waals surface area contributed by atoms with E-state index in [9.17, 15) is 22.8 Å². The predicted octanol–water partition coefficient (Wildman–Crippen LogP) is 4.86. The fourth-order valence-electron chi connectivity index (χ4n) is 3.03. The van der Waals surface area contributed by atoms with Gasteiger partial charge in [-0.25, -0.2) is 4.79 Å². The Morgan fingerprint density at radius 2 is 1.86 bits per heavy atom. The third kappa shape index (κ3) is 8.30. The number of urea groups is 1. The van der Waals surface area contributed by atoms with E-state index in [-0.39, 0.29) is 57.8 Å². The van der Waals surface area contributed by atoms with Crippen molar-refractivity contribution in [2.45, 2.75) is 25.6 Å². The zero-order valence-corrected chi connectivity index (χ0v) is 24.1. The smallest absolute Gasteiger partial charge is 0 e. The zero-order valence-electron chi connectivity index (χ0n) is 14.0. The summed E-state index contributed by atoms with van der Waals surface area (Å²) >= 11 is 7.39. The maximum absolute atomic E-state index is 12.7. The van der Waals surface area contributed by atoms with Crippen molar-refractivity contribution in [2.24, 2.45) is 0 Å². The van der Waals surface area contributed by atoms with Crippen LogP contribution in [0.2, 0.25) is 0 Å². The van der Waals surface area contributed by atoms with E-state index in [2.05, 4.69) is 70.2 Å². The van der Waals surface area contributed by atoms with Crippen molar-refractivity contribution >= 4 is 71.9 Å². The van der Waals surface area contributed by atoms with Crippen molar-refractivity contribution in [1.29, 1.82) is 0 Å². The summed E-state index contributed by atoms with van der Waals surface area (Å²) in [7, 11) is 0. The van der Waals surface area contributed by atoms with E-state index in [0.29, 0.717) is 12.2 Å². The molecule has 29 heavy (non-hydrogen) atoms. The first-order valence-corrected chi connectivity index (χ1v) is 21.1. The van der Waals surface area contributed by atoms with Crippen molar-refractivity contribution in [3.05, 3.63) is 35.4 Å². The molecular formula is C15H18F3I3N4O2PtV-. The molecule has 2 aliphatic heterocycles. The minimum atomic E-state index is -4.64. The standard InChI is InChI=1S/C14H14F3N4O2.CH4.3HI.Pt.V/c15-14(16,17)9-20-11(22)13(7-10-3-1-2-4-19-10)8-18-5-6-21(13)12(20)23;;;;;;/h1-4H,5-9H2;1H4;3*1H;;/q-1;;;;;;+3/p-3. The van der Waals surface area contributed by atoms with Crippen LogP contribution in [0.15, 0.2) is 24.4 Å². The van der Waals surface area contributed by atoms with Gasteiger partial charge in [0.25, 0.3) is 5.91 Å². The van der Waals surface area contributed by atoms with Crippen LogP contribution in [0, 0.1) is 0 Å². The number of halogens is 6. The third-order valence-electron chi connectivity index (χ3n) is 4.01. The molecule has 0 aliphatic carbocycles. The molecule has 168 valence electrons. The van der Waals surface area contributed by atoms with Gasteiger partial charge in [-0.1, -0.05) is 13.5 Å². The van der Waals surface area contributed by atoms with Gasteiger partial charge in [0.05, 0.1) is 0 Å². The van der Waals surface area contributed by atoms with Crippen molar-refractivity contribution in [1.82, 2.24) is 14.8 Å². The van der Waals surface area contributed by atoms with Crippen LogP contribution in [-0.2, 0) is 37.2 Å². The summed E-state index contributed by atoms with van der Waals surface area (Å²) in [5.41, 5.74) is -0.862. The van der Waals surface area contributed by atoms with E-state index < -0.39 is 30.2 Å². The summed E-state index contributed by atoms with van der Waals surface area (Å²) in [6, 6.07) is 4.18. The molecule has 3 rings (SSSR count). The maximum atomic E-state index is 12.7. The molecule has 1 aromatic heterocycles. The maximum Gasteiger partial charge on any atom is 0 e. The summed E-state index contributed by atoms with van der Waals surface area (Å²) in [6.07, 6.45) is -3.05. The van der Waals surface area contributed by atoms with Crippen LogP contribution in [0.4, 0.5) is 18.0 Å². The van der Waals surface area contributed by atoms with E-state index >= 15 is 0 Å². The molecule has 0 aromatic carbocycles. The zero-order chi connectivity index (χ0) is 20.2. The quantitative estimate of drug-likeness (QED) is 0.322. The first-order valence-electron chi connectivity index (χ1n) is 7.58. The fourth-order valence-corrected chi connectivity index (χ4v) is 3.03. The molecule has 2 saturated heterocycles. The van der Waals surface area contributed by atoms with Gasteiger partial charge in [-0.15, -0.1) is 13.1 Å². The molecular weight excluding hydrogens is 952 g/mol. The second-order valence-electron chi connectivity index (χ2n) is 5.77. The molecule has 14 heteroatoms. The predicted molar refractivity (Wildman–Crippen MR) is 122 cm³/mol. The Kier molecular flexibility index (Phi) is 13.7. The molecule has 0 spiro atoms. The Labute approximate surface area is 219 Å². The number of carbonyl (C=O) groups is 2. The number of rotatable bonds is 3. The number of aromatic nitrogens is 1. The Hall–Kier alpha value is 1.30. The Morgan fingerprint density at radius 3 is 2.38 bits per heavy atom. The summed E-state index contributed by atoms with van der Waals surface area (Å²) in [5.74, 6) is -0.853. The third-order valence-corrected chi connectivity index (χ3v) is 4.01. The van der Waals surface area contributed by atoms with Gasteiger partial charge in [0.15, 0.2) is 0 Å². The number of piperazine rings is 1. The average Bonchev–Trinajstić information content (AvgIpc) is 2.76. The number of fused-ring (bicyclic) bond motifs is 1. The van der Waals surface area contributed by atoms with Crippen LogP contribution in [0.25, 0.3) is 5.32 Å². The van der Waals surface area contributed by atoms with Gasteiger partial charge in [-0.2, -0.15) is 13.2 Å². The minimum absolute atomic E-state index is 0. The fraction of sp³-hybridized carbons (Fsp3) is 0.533. The minimum Gasteiger partial charge on any atom is 0 e. The number of hydrogen-bond donors (Lipinski definition) is 0. The first kappa shape index (κ1) is 30.3. The SMILES string of the molecule is C.O=C1N(CC(F)(F)F)C(=O)C2(Cc3ccccn3)C[N-]CCN12.[I][V]([I])[I].[Pt]. The van der Waals surface area contributed by atoms with Gasteiger partial charge >= 0.3 is 77.1 Å². The van der Waals surface area contributed by atoms with E-state index in [1.165, 1.54) is 11.1 Å². The summed E-state index contributed by atoms with van der Waals surface area (Å²) in [5, 5.41) is 4.15. The number of carbonyl (C=O) groups excluding carboxylic acids is 2. The van der Waals surface area contributed by atoms with Crippen LogP contribution < -0.4 is 0 Å². The number of alkyl halides is 3. The average molecular weight is 970 g/mol. The summed E-state index contributed by atoms with van der Waals surface area (Å²) in [6.45, 7) is -1.15. The molecule has 2 aliphatic rings. The van der Waals surface area contributed by atoms with Crippen molar-refractivity contribution in [2.75, 3.05) is 26.2 Å². The van der Waals surface area contributed by atoms with Crippen LogP contribution >= 0.6 is 59.9 Å². The van der Waals surface area contributed by atoms with E-state index in [4.69, 9.17) is 0 Å². The molecule has 1 aromatic rings. The number of pyridine rings is 1. The molecule has 0 bridgehead atoms. The van der Waals surface area contributed by atoms with Crippen molar-refractivity contribution < 1.29 is 48.7 Å². The second-order valence-corrected chi connectivity index (χ2v) is 41.1. The van der Waals surface area contributed by atoms with Crippen molar-refractivity contribution in [3.8, 4) is 0 Å². The van der Waals surface area contributed by atoms with Gasteiger partial charge in [0.2, 0.25) is 0 Å². The topological polar surface area (TPSA) is 67.6 Å². The second kappa shape index (κ2) is 13.1. The number of amides is 3. The van der Waals surface area contributed by atoms with Crippen LogP contribution in [0.1, 0.15) is 13.1 Å². The molecule has 1 unspecified atom stereocenters. The monoisotopic (exact) mass is 970 g/mol. The molecule has 6 nitrogen and oxygen atoms in total. The molecule has 1 atom stereocenters. The van der Waals surface area contributed by atoms with E-state index in [1.54, 1.807) is 18.2 Å². The summed E-state index contributed by atoms with van der Waals surface area (Å²) in [4.78, 5) is 30.3. The molecule has 0 radical (unpaired) electrons. The van der Waals surface area contributed by atoms with E-state index in [1.807, 2.05) is 0 Å². The van der Waals surface area contributed by atoms with Gasteiger partial charge in [-0.05, 0) is 12.1 Å². The Balaban J connectivity index is 0.00000120. The van der Waals surface area contributed by atoms with Gasteiger partial charge in [-0.3, -0.25) is 14.7 Å². The number of imide groups is 1. The Morgan fingerprint density at radius 1 is 1.24 bits per heavy atom. The van der Waals surface area contributed by atoms with Crippen LogP contribution in [0.3, 0.4) is 0 Å². The van der Waals surface area contributed by atoms with Crippen molar-refractivity contribution in [3.63, 3.8) is 0 Å². The first-order chi connectivity index (χ1) is 12.6. The number of hydrogen-bond acceptors (Lipinski definition) is 3. The van der Waals surface area contributed by atoms with Crippen LogP contribution in [0.5, 0.6) is 0 Å². The molecule has 3 heterocycles. The molecule has 0 N–H and O–H groups in total. The number of nitrogens with zero attached hydrogens (tertiary/aromatic N) is 4. The summed E-state index contributed by atoms with van der Waals surface area (Å²) < 4.78 is 38.0. The molecule has 2 fully saturated rings. The largest absolute Gasteiger partial charge is 0 e. The van der Waals surface area contributed by atoms with Crippen LogP contribution in [-0.4, -0.2) is 64.6 Å².